The van der Waals surface area contributed by atoms with Gasteiger partial charge in [0.1, 0.15) is 5.82 Å². The topological polar surface area (TPSA) is 77.1 Å². The molecule has 0 aromatic carbocycles. The number of ether oxygens (including phenoxy) is 1. The normalized spacial score (nSPS) is 29.3. The number of nitrogens with one attached hydrogen (secondary N) is 1. The molecule has 2 N–H and O–H groups in total. The van der Waals surface area contributed by atoms with E-state index in [1.165, 1.54) is 0 Å². The maximum absolute atomic E-state index is 10.2. The minimum Gasteiger partial charge on any atom is -0.391 e. The summed E-state index contributed by atoms with van der Waals surface area (Å²) in [7, 11) is 2.04. The lowest BCUT2D eigenvalue weighted by atomic mass is 9.80. The predicted molar refractivity (Wildman–Crippen MR) is 88.3 cm³/mol. The Balaban J connectivity index is 1.54. The summed E-state index contributed by atoms with van der Waals surface area (Å²) in [6, 6.07) is 2.26. The van der Waals surface area contributed by atoms with Gasteiger partial charge in [-0.15, -0.1) is 0 Å². The van der Waals surface area contributed by atoms with Gasteiger partial charge >= 0.3 is 0 Å². The highest BCUT2D eigenvalue weighted by Gasteiger charge is 2.44. The van der Waals surface area contributed by atoms with Crippen LogP contribution in [0.5, 0.6) is 0 Å². The molecule has 1 unspecified atom stereocenters. The standard InChI is InChI=1S/C17H25N5O2/c1-21-8-6-18-17(21)15(12-3-9-24-10-4-12)20-13-11-14(23)16(13)22-7-2-5-19-22/h2,5-8,12-16,20,23H,3-4,9-11H2,1H3/t13-,14+,15?,16+/m0/s1. The zero-order valence-corrected chi connectivity index (χ0v) is 14.0. The summed E-state index contributed by atoms with van der Waals surface area (Å²) in [5, 5.41) is 18.3. The van der Waals surface area contributed by atoms with Crippen molar-refractivity contribution >= 4 is 0 Å². The molecule has 2 fully saturated rings. The van der Waals surface area contributed by atoms with Crippen molar-refractivity contribution in [2.45, 2.75) is 43.5 Å². The van der Waals surface area contributed by atoms with Crippen molar-refractivity contribution in [3.63, 3.8) is 0 Å². The van der Waals surface area contributed by atoms with E-state index in [2.05, 4.69) is 20.0 Å². The molecule has 0 bridgehead atoms. The molecule has 4 rings (SSSR count). The minimum atomic E-state index is -0.348. The van der Waals surface area contributed by atoms with Crippen molar-refractivity contribution in [3.8, 4) is 0 Å². The molecule has 7 nitrogen and oxygen atoms in total. The maximum atomic E-state index is 10.2. The molecule has 1 aliphatic heterocycles. The molecule has 0 radical (unpaired) electrons. The molecule has 1 saturated heterocycles. The van der Waals surface area contributed by atoms with Gasteiger partial charge in [-0.3, -0.25) is 4.68 Å². The second-order valence-corrected chi connectivity index (χ2v) is 6.88. The van der Waals surface area contributed by atoms with Crippen LogP contribution in [-0.2, 0) is 11.8 Å². The zero-order chi connectivity index (χ0) is 16.5. The van der Waals surface area contributed by atoms with Gasteiger partial charge in [-0.25, -0.2) is 4.98 Å². The molecular formula is C17H25N5O2. The van der Waals surface area contributed by atoms with Crippen LogP contribution in [0.25, 0.3) is 0 Å². The Hall–Kier alpha value is -1.70. The van der Waals surface area contributed by atoms with Gasteiger partial charge in [0, 0.05) is 51.1 Å². The lowest BCUT2D eigenvalue weighted by Gasteiger charge is -2.45. The fraction of sp³-hybridized carbons (Fsp3) is 0.647. The number of imidazole rings is 1. The van der Waals surface area contributed by atoms with Crippen molar-refractivity contribution in [2.24, 2.45) is 13.0 Å². The quantitative estimate of drug-likeness (QED) is 0.856. The van der Waals surface area contributed by atoms with Crippen LogP contribution < -0.4 is 5.32 Å². The third-order valence-electron chi connectivity index (χ3n) is 5.40. The number of rotatable bonds is 5. The fourth-order valence-electron chi connectivity index (χ4n) is 3.97. The van der Waals surface area contributed by atoms with Gasteiger partial charge in [0.2, 0.25) is 0 Å². The molecule has 0 spiro atoms. The highest BCUT2D eigenvalue weighted by Crippen LogP contribution is 2.37. The molecule has 1 saturated carbocycles. The second-order valence-electron chi connectivity index (χ2n) is 6.88. The third kappa shape index (κ3) is 2.87. The van der Waals surface area contributed by atoms with Gasteiger partial charge in [0.15, 0.2) is 0 Å². The van der Waals surface area contributed by atoms with Crippen LogP contribution in [0.15, 0.2) is 30.9 Å². The Kier molecular flexibility index (Phi) is 4.39. The maximum Gasteiger partial charge on any atom is 0.125 e. The summed E-state index contributed by atoms with van der Waals surface area (Å²) in [5.41, 5.74) is 0. The van der Waals surface area contributed by atoms with E-state index in [0.717, 1.165) is 38.3 Å². The van der Waals surface area contributed by atoms with E-state index in [4.69, 9.17) is 4.74 Å². The second kappa shape index (κ2) is 6.66. The molecule has 1 aliphatic carbocycles. The number of hydrogen-bond acceptors (Lipinski definition) is 5. The number of hydrogen-bond donors (Lipinski definition) is 2. The first kappa shape index (κ1) is 15.8. The van der Waals surface area contributed by atoms with E-state index in [1.54, 1.807) is 6.20 Å². The fourth-order valence-corrected chi connectivity index (χ4v) is 3.97. The lowest BCUT2D eigenvalue weighted by molar-refractivity contribution is -0.0211. The Labute approximate surface area is 141 Å². The van der Waals surface area contributed by atoms with E-state index in [0.29, 0.717) is 5.92 Å². The summed E-state index contributed by atoms with van der Waals surface area (Å²) in [6.45, 7) is 1.62. The highest BCUT2D eigenvalue weighted by molar-refractivity contribution is 5.07. The Morgan fingerprint density at radius 3 is 2.75 bits per heavy atom. The zero-order valence-electron chi connectivity index (χ0n) is 14.0. The van der Waals surface area contributed by atoms with Crippen LogP contribution in [0.4, 0.5) is 0 Å². The van der Waals surface area contributed by atoms with Gasteiger partial charge in [0.25, 0.3) is 0 Å². The summed E-state index contributed by atoms with van der Waals surface area (Å²) in [5.74, 6) is 1.55. The number of aryl methyl sites for hydroxylation is 1. The number of aliphatic hydroxyl groups is 1. The van der Waals surface area contributed by atoms with E-state index in [-0.39, 0.29) is 24.2 Å². The van der Waals surface area contributed by atoms with Crippen LogP contribution in [0.1, 0.15) is 37.2 Å². The van der Waals surface area contributed by atoms with Crippen molar-refractivity contribution in [1.29, 1.82) is 0 Å². The lowest BCUT2D eigenvalue weighted by Crippen LogP contribution is -2.56. The molecule has 3 heterocycles. The summed E-state index contributed by atoms with van der Waals surface area (Å²) < 4.78 is 9.49. The van der Waals surface area contributed by atoms with Gasteiger partial charge in [0.05, 0.1) is 18.2 Å². The van der Waals surface area contributed by atoms with E-state index < -0.39 is 0 Å². The van der Waals surface area contributed by atoms with E-state index in [9.17, 15) is 5.11 Å². The Bertz CT molecular complexity index is 650. The summed E-state index contributed by atoms with van der Waals surface area (Å²) in [4.78, 5) is 4.58. The Morgan fingerprint density at radius 1 is 1.29 bits per heavy atom. The largest absolute Gasteiger partial charge is 0.391 e. The smallest absolute Gasteiger partial charge is 0.125 e. The van der Waals surface area contributed by atoms with Crippen LogP contribution in [0.3, 0.4) is 0 Å². The SMILES string of the molecule is Cn1ccnc1C(N[C@H]1C[C@@H](O)[C@@H]1n1cccn1)C1CCOCC1. The average Bonchev–Trinajstić information content (AvgIpc) is 3.24. The monoisotopic (exact) mass is 331 g/mol. The van der Waals surface area contributed by atoms with Crippen molar-refractivity contribution in [3.05, 3.63) is 36.7 Å². The van der Waals surface area contributed by atoms with Crippen molar-refractivity contribution < 1.29 is 9.84 Å². The first-order chi connectivity index (χ1) is 11.7. The van der Waals surface area contributed by atoms with Crippen molar-refractivity contribution in [2.75, 3.05) is 13.2 Å². The number of nitrogens with zero attached hydrogens (tertiary/aromatic N) is 4. The average molecular weight is 331 g/mol. The molecule has 4 atom stereocenters. The van der Waals surface area contributed by atoms with Crippen LogP contribution >= 0.6 is 0 Å². The number of aliphatic hydroxyl groups excluding tert-OH is 1. The molecule has 2 aromatic rings. The number of aromatic nitrogens is 4. The van der Waals surface area contributed by atoms with Gasteiger partial charge in [-0.2, -0.15) is 5.10 Å². The molecule has 2 aliphatic rings. The molecule has 2 aromatic heterocycles. The van der Waals surface area contributed by atoms with Gasteiger partial charge in [-0.05, 0) is 31.2 Å². The first-order valence-electron chi connectivity index (χ1n) is 8.72. The van der Waals surface area contributed by atoms with Gasteiger partial charge < -0.3 is 19.7 Å². The molecule has 0 amide bonds. The Morgan fingerprint density at radius 2 is 2.12 bits per heavy atom. The van der Waals surface area contributed by atoms with E-state index >= 15 is 0 Å². The van der Waals surface area contributed by atoms with Crippen LogP contribution in [0.2, 0.25) is 0 Å². The third-order valence-corrected chi connectivity index (χ3v) is 5.40. The first-order valence-corrected chi connectivity index (χ1v) is 8.72. The molecular weight excluding hydrogens is 306 g/mol. The van der Waals surface area contributed by atoms with Crippen LogP contribution in [-0.4, -0.2) is 49.8 Å². The van der Waals surface area contributed by atoms with E-state index in [1.807, 2.05) is 36.4 Å². The minimum absolute atomic E-state index is 0.0115. The molecule has 130 valence electrons. The molecule has 7 heteroatoms. The predicted octanol–water partition coefficient (Wildman–Crippen LogP) is 1.05. The summed E-state index contributed by atoms with van der Waals surface area (Å²) >= 11 is 0. The van der Waals surface area contributed by atoms with Crippen LogP contribution in [0, 0.1) is 5.92 Å². The highest BCUT2D eigenvalue weighted by atomic mass is 16.5. The molecule has 24 heavy (non-hydrogen) atoms. The van der Waals surface area contributed by atoms with Crippen molar-refractivity contribution in [1.82, 2.24) is 24.6 Å². The van der Waals surface area contributed by atoms with Gasteiger partial charge in [-0.1, -0.05) is 0 Å². The summed E-state index contributed by atoms with van der Waals surface area (Å²) in [6.07, 6.45) is 9.99.